The van der Waals surface area contributed by atoms with E-state index in [-0.39, 0.29) is 30.4 Å². The van der Waals surface area contributed by atoms with E-state index < -0.39 is 17.8 Å². The lowest BCUT2D eigenvalue weighted by atomic mass is 9.95. The second kappa shape index (κ2) is 7.89. The van der Waals surface area contributed by atoms with Crippen LogP contribution in [-0.4, -0.2) is 11.9 Å². The first kappa shape index (κ1) is 19.3. The van der Waals surface area contributed by atoms with E-state index in [2.05, 4.69) is 10.6 Å². The van der Waals surface area contributed by atoms with Gasteiger partial charge >= 0.3 is 6.18 Å². The van der Waals surface area contributed by atoms with Gasteiger partial charge in [-0.2, -0.15) is 13.2 Å². The Morgan fingerprint density at radius 3 is 2.44 bits per heavy atom. The third kappa shape index (κ3) is 4.52. The van der Waals surface area contributed by atoms with E-state index in [1.54, 1.807) is 0 Å². The molecule has 1 amide bonds. The summed E-state index contributed by atoms with van der Waals surface area (Å²) >= 11 is 0. The predicted octanol–water partition coefficient (Wildman–Crippen LogP) is 3.46. The minimum Gasteiger partial charge on any atom is -0.351 e. The van der Waals surface area contributed by atoms with Crippen molar-refractivity contribution < 1.29 is 18.0 Å². The quantitative estimate of drug-likeness (QED) is 0.868. The molecule has 1 heterocycles. The van der Waals surface area contributed by atoms with Crippen molar-refractivity contribution in [2.45, 2.75) is 31.7 Å². The standard InChI is InChI=1S/C18H17F3N2O.ClH/c19-18(20,21)15-8-4-3-7-14(15)11-23-17(24)16-9-12-5-1-2-6-13(12)10-22-16;/h1-8,16,22H,9-11H2,(H,23,24);1H. The lowest BCUT2D eigenvalue weighted by Gasteiger charge is -2.25. The van der Waals surface area contributed by atoms with Gasteiger partial charge in [-0.15, -0.1) is 12.4 Å². The minimum atomic E-state index is -4.43. The summed E-state index contributed by atoms with van der Waals surface area (Å²) in [6.07, 6.45) is -3.90. The molecule has 3 rings (SSSR count). The molecule has 1 aliphatic heterocycles. The average Bonchev–Trinajstić information content (AvgIpc) is 2.58. The van der Waals surface area contributed by atoms with Crippen LogP contribution in [0.2, 0.25) is 0 Å². The summed E-state index contributed by atoms with van der Waals surface area (Å²) < 4.78 is 38.9. The third-order valence-corrected chi connectivity index (χ3v) is 4.17. The van der Waals surface area contributed by atoms with E-state index in [4.69, 9.17) is 0 Å². The Balaban J connectivity index is 0.00000225. The minimum absolute atomic E-state index is 0. The molecule has 134 valence electrons. The van der Waals surface area contributed by atoms with Crippen molar-refractivity contribution in [3.05, 3.63) is 70.8 Å². The van der Waals surface area contributed by atoms with Crippen molar-refractivity contribution >= 4 is 18.3 Å². The lowest BCUT2D eigenvalue weighted by Crippen LogP contribution is -2.47. The van der Waals surface area contributed by atoms with Gasteiger partial charge in [0.1, 0.15) is 0 Å². The fourth-order valence-electron chi connectivity index (χ4n) is 2.90. The van der Waals surface area contributed by atoms with Crippen LogP contribution >= 0.6 is 12.4 Å². The Morgan fingerprint density at radius 1 is 1.08 bits per heavy atom. The van der Waals surface area contributed by atoms with Crippen molar-refractivity contribution in [3.8, 4) is 0 Å². The third-order valence-electron chi connectivity index (χ3n) is 4.17. The Kier molecular flexibility index (Phi) is 6.08. The van der Waals surface area contributed by atoms with Gasteiger partial charge in [-0.1, -0.05) is 42.5 Å². The molecule has 2 aromatic rings. The molecule has 0 fully saturated rings. The molecule has 0 aliphatic carbocycles. The van der Waals surface area contributed by atoms with Gasteiger partial charge in [0.05, 0.1) is 11.6 Å². The van der Waals surface area contributed by atoms with Crippen LogP contribution in [0.5, 0.6) is 0 Å². The SMILES string of the molecule is Cl.O=C(NCc1ccccc1C(F)(F)F)C1Cc2ccccc2CN1. The largest absolute Gasteiger partial charge is 0.416 e. The smallest absolute Gasteiger partial charge is 0.351 e. The molecule has 1 unspecified atom stereocenters. The van der Waals surface area contributed by atoms with Gasteiger partial charge in [-0.25, -0.2) is 0 Å². The number of carbonyl (C=O) groups is 1. The highest BCUT2D eigenvalue weighted by molar-refractivity contribution is 5.85. The normalized spacial score (nSPS) is 16.5. The zero-order valence-electron chi connectivity index (χ0n) is 13.3. The summed E-state index contributed by atoms with van der Waals surface area (Å²) in [6, 6.07) is 12.7. The molecule has 3 nitrogen and oxygen atoms in total. The van der Waals surface area contributed by atoms with E-state index >= 15 is 0 Å². The van der Waals surface area contributed by atoms with Crippen molar-refractivity contribution in [1.29, 1.82) is 0 Å². The molecule has 0 spiro atoms. The summed E-state index contributed by atoms with van der Waals surface area (Å²) in [5, 5.41) is 5.73. The molecule has 1 aliphatic rings. The van der Waals surface area contributed by atoms with E-state index in [9.17, 15) is 18.0 Å². The monoisotopic (exact) mass is 370 g/mol. The van der Waals surface area contributed by atoms with Crippen molar-refractivity contribution in [1.82, 2.24) is 10.6 Å². The Hall–Kier alpha value is -2.05. The Morgan fingerprint density at radius 2 is 1.72 bits per heavy atom. The Bertz CT molecular complexity index is 749. The molecule has 7 heteroatoms. The molecular formula is C18H18ClF3N2O. The molecule has 0 saturated heterocycles. The first-order valence-electron chi connectivity index (χ1n) is 7.68. The number of hydrogen-bond donors (Lipinski definition) is 2. The lowest BCUT2D eigenvalue weighted by molar-refractivity contribution is -0.138. The number of hydrogen-bond acceptors (Lipinski definition) is 2. The second-order valence-electron chi connectivity index (χ2n) is 5.78. The van der Waals surface area contributed by atoms with Crippen LogP contribution in [0.4, 0.5) is 13.2 Å². The van der Waals surface area contributed by atoms with Gasteiger partial charge in [0.2, 0.25) is 5.91 Å². The highest BCUT2D eigenvalue weighted by atomic mass is 35.5. The molecule has 2 aromatic carbocycles. The van der Waals surface area contributed by atoms with E-state index in [1.807, 2.05) is 24.3 Å². The van der Waals surface area contributed by atoms with Gasteiger partial charge in [-0.05, 0) is 29.2 Å². The van der Waals surface area contributed by atoms with Gasteiger partial charge in [0, 0.05) is 13.1 Å². The van der Waals surface area contributed by atoms with Crippen LogP contribution in [0.3, 0.4) is 0 Å². The number of rotatable bonds is 3. The molecule has 25 heavy (non-hydrogen) atoms. The zero-order chi connectivity index (χ0) is 17.2. The van der Waals surface area contributed by atoms with Crippen LogP contribution < -0.4 is 10.6 Å². The fraction of sp³-hybridized carbons (Fsp3) is 0.278. The maximum absolute atomic E-state index is 13.0. The molecule has 0 bridgehead atoms. The molecule has 0 radical (unpaired) electrons. The summed E-state index contributed by atoms with van der Waals surface area (Å²) in [5.74, 6) is -0.290. The first-order valence-corrected chi connectivity index (χ1v) is 7.68. The maximum Gasteiger partial charge on any atom is 0.416 e. The number of benzene rings is 2. The van der Waals surface area contributed by atoms with Crippen LogP contribution in [-0.2, 0) is 30.5 Å². The van der Waals surface area contributed by atoms with E-state index in [0.29, 0.717) is 13.0 Å². The van der Waals surface area contributed by atoms with Crippen LogP contribution in [0.15, 0.2) is 48.5 Å². The number of halogens is 4. The summed E-state index contributed by atoms with van der Waals surface area (Å²) in [7, 11) is 0. The summed E-state index contributed by atoms with van der Waals surface area (Å²) in [6.45, 7) is 0.432. The van der Waals surface area contributed by atoms with Gasteiger partial charge < -0.3 is 10.6 Å². The highest BCUT2D eigenvalue weighted by Gasteiger charge is 2.33. The van der Waals surface area contributed by atoms with Gasteiger partial charge in [0.25, 0.3) is 0 Å². The molecular weight excluding hydrogens is 353 g/mol. The molecule has 0 aromatic heterocycles. The van der Waals surface area contributed by atoms with E-state index in [0.717, 1.165) is 17.2 Å². The van der Waals surface area contributed by atoms with Crippen LogP contribution in [0.1, 0.15) is 22.3 Å². The highest BCUT2D eigenvalue weighted by Crippen LogP contribution is 2.31. The number of alkyl halides is 3. The van der Waals surface area contributed by atoms with Gasteiger partial charge in [0.15, 0.2) is 0 Å². The number of amides is 1. The summed E-state index contributed by atoms with van der Waals surface area (Å²) in [5.41, 5.74) is 1.58. The molecule has 1 atom stereocenters. The maximum atomic E-state index is 13.0. The first-order chi connectivity index (χ1) is 11.4. The van der Waals surface area contributed by atoms with Crippen molar-refractivity contribution in [3.63, 3.8) is 0 Å². The van der Waals surface area contributed by atoms with Crippen molar-refractivity contribution in [2.75, 3.05) is 0 Å². The van der Waals surface area contributed by atoms with E-state index in [1.165, 1.54) is 18.2 Å². The number of carbonyl (C=O) groups excluding carboxylic acids is 1. The van der Waals surface area contributed by atoms with Gasteiger partial charge in [-0.3, -0.25) is 4.79 Å². The number of fused-ring (bicyclic) bond motifs is 1. The molecule has 2 N–H and O–H groups in total. The van der Waals surface area contributed by atoms with Crippen LogP contribution in [0, 0.1) is 0 Å². The second-order valence-corrected chi connectivity index (χ2v) is 5.78. The van der Waals surface area contributed by atoms with Crippen LogP contribution in [0.25, 0.3) is 0 Å². The zero-order valence-corrected chi connectivity index (χ0v) is 14.1. The Labute approximate surface area is 150 Å². The predicted molar refractivity (Wildman–Crippen MR) is 91.3 cm³/mol. The topological polar surface area (TPSA) is 41.1 Å². The number of nitrogens with one attached hydrogen (secondary N) is 2. The summed E-state index contributed by atoms with van der Waals surface area (Å²) in [4.78, 5) is 12.3. The van der Waals surface area contributed by atoms with Crippen molar-refractivity contribution in [2.24, 2.45) is 0 Å². The fourth-order valence-corrected chi connectivity index (χ4v) is 2.90. The average molecular weight is 371 g/mol. The molecule has 0 saturated carbocycles.